The molecule has 0 amide bonds. The molecule has 3 aromatic rings. The van der Waals surface area contributed by atoms with Crippen LogP contribution in [0.4, 0.5) is 0 Å². The summed E-state index contributed by atoms with van der Waals surface area (Å²) < 4.78 is 1.96. The molecule has 0 N–H and O–H groups in total. The molecule has 1 heterocycles. The molecule has 0 spiro atoms. The van der Waals surface area contributed by atoms with Crippen molar-refractivity contribution in [3.8, 4) is 6.07 Å². The van der Waals surface area contributed by atoms with E-state index in [1.54, 1.807) is 0 Å². The summed E-state index contributed by atoms with van der Waals surface area (Å²) in [7, 11) is 1.94. The van der Waals surface area contributed by atoms with E-state index in [4.69, 9.17) is 0 Å². The van der Waals surface area contributed by atoms with Crippen LogP contribution in [0, 0.1) is 25.2 Å². The first-order valence-electron chi connectivity index (χ1n) is 7.21. The largest absolute Gasteiger partial charge is 0.327 e. The fourth-order valence-corrected chi connectivity index (χ4v) is 2.55. The first kappa shape index (κ1) is 14.1. The Morgan fingerprint density at radius 1 is 1.14 bits per heavy atom. The normalized spacial score (nSPS) is 11.6. The maximum Gasteiger partial charge on any atom is 0.151 e. The van der Waals surface area contributed by atoms with Gasteiger partial charge in [0.15, 0.2) is 5.82 Å². The number of aromatic nitrogens is 2. The Balaban J connectivity index is 2.13. The molecule has 0 unspecified atom stereocenters. The Labute approximate surface area is 130 Å². The number of rotatable bonds is 2. The summed E-state index contributed by atoms with van der Waals surface area (Å²) in [5, 5.41) is 9.54. The molecule has 0 aliphatic rings. The van der Waals surface area contributed by atoms with Crippen LogP contribution in [0.3, 0.4) is 0 Å². The van der Waals surface area contributed by atoms with Gasteiger partial charge in [0.05, 0.1) is 16.6 Å². The van der Waals surface area contributed by atoms with Crippen molar-refractivity contribution in [2.75, 3.05) is 0 Å². The Hall–Kier alpha value is -2.86. The van der Waals surface area contributed by atoms with Crippen LogP contribution >= 0.6 is 0 Å². The van der Waals surface area contributed by atoms with Crippen LogP contribution < -0.4 is 0 Å². The molecular weight excluding hydrogens is 270 g/mol. The average molecular weight is 287 g/mol. The second-order valence-electron chi connectivity index (χ2n) is 5.50. The molecule has 0 aliphatic carbocycles. The summed E-state index contributed by atoms with van der Waals surface area (Å²) in [5.41, 5.74) is 5.99. The quantitative estimate of drug-likeness (QED) is 0.661. The van der Waals surface area contributed by atoms with Crippen LogP contribution in [0.25, 0.3) is 22.7 Å². The van der Waals surface area contributed by atoms with Crippen molar-refractivity contribution < 1.29 is 0 Å². The van der Waals surface area contributed by atoms with Gasteiger partial charge in [0.1, 0.15) is 6.07 Å². The number of imidazole rings is 1. The van der Waals surface area contributed by atoms with Gasteiger partial charge in [-0.25, -0.2) is 4.98 Å². The number of fused-ring (bicyclic) bond motifs is 1. The number of allylic oxidation sites excluding steroid dienone is 1. The van der Waals surface area contributed by atoms with Gasteiger partial charge in [-0.2, -0.15) is 5.26 Å². The van der Waals surface area contributed by atoms with Gasteiger partial charge in [-0.1, -0.05) is 30.3 Å². The molecule has 3 nitrogen and oxygen atoms in total. The van der Waals surface area contributed by atoms with E-state index in [1.807, 2.05) is 48.0 Å². The SMILES string of the molecule is Cc1ccc(/C=C(\C#N)c2nc3ccccc3n2C)cc1C. The van der Waals surface area contributed by atoms with E-state index in [2.05, 4.69) is 37.0 Å². The first-order valence-corrected chi connectivity index (χ1v) is 7.21. The van der Waals surface area contributed by atoms with Crippen molar-refractivity contribution in [3.63, 3.8) is 0 Å². The second kappa shape index (κ2) is 5.50. The van der Waals surface area contributed by atoms with Crippen molar-refractivity contribution >= 4 is 22.7 Å². The van der Waals surface area contributed by atoms with Crippen LogP contribution in [0.5, 0.6) is 0 Å². The lowest BCUT2D eigenvalue weighted by Crippen LogP contribution is -1.96. The summed E-state index contributed by atoms with van der Waals surface area (Å²) >= 11 is 0. The van der Waals surface area contributed by atoms with Gasteiger partial charge in [0.25, 0.3) is 0 Å². The van der Waals surface area contributed by atoms with Crippen molar-refractivity contribution in [1.29, 1.82) is 5.26 Å². The predicted octanol–water partition coefficient (Wildman–Crippen LogP) is 4.25. The molecule has 0 saturated heterocycles. The van der Waals surface area contributed by atoms with Gasteiger partial charge in [0, 0.05) is 7.05 Å². The number of hydrogen-bond donors (Lipinski definition) is 0. The minimum Gasteiger partial charge on any atom is -0.327 e. The summed E-state index contributed by atoms with van der Waals surface area (Å²) in [5.74, 6) is 0.696. The van der Waals surface area contributed by atoms with Crippen LogP contribution in [0.1, 0.15) is 22.5 Å². The van der Waals surface area contributed by atoms with Crippen molar-refractivity contribution in [3.05, 3.63) is 65.0 Å². The highest BCUT2D eigenvalue weighted by atomic mass is 15.1. The monoisotopic (exact) mass is 287 g/mol. The fourth-order valence-electron chi connectivity index (χ4n) is 2.55. The molecule has 108 valence electrons. The van der Waals surface area contributed by atoms with Crippen molar-refractivity contribution in [2.24, 2.45) is 7.05 Å². The molecule has 3 rings (SSSR count). The van der Waals surface area contributed by atoms with E-state index in [0.717, 1.165) is 16.6 Å². The zero-order valence-electron chi connectivity index (χ0n) is 13.0. The fraction of sp³-hybridized carbons (Fsp3) is 0.158. The zero-order valence-corrected chi connectivity index (χ0v) is 13.0. The Bertz CT molecular complexity index is 923. The van der Waals surface area contributed by atoms with Gasteiger partial charge in [-0.15, -0.1) is 0 Å². The summed E-state index contributed by atoms with van der Waals surface area (Å²) in [6.45, 7) is 4.16. The Morgan fingerprint density at radius 2 is 1.91 bits per heavy atom. The molecule has 0 atom stereocenters. The number of aryl methyl sites for hydroxylation is 3. The third-order valence-corrected chi connectivity index (χ3v) is 3.99. The predicted molar refractivity (Wildman–Crippen MR) is 90.1 cm³/mol. The van der Waals surface area contributed by atoms with Gasteiger partial charge in [0.2, 0.25) is 0 Å². The molecule has 1 aromatic heterocycles. The minimum absolute atomic E-state index is 0.571. The van der Waals surface area contributed by atoms with E-state index in [1.165, 1.54) is 11.1 Å². The molecule has 3 heteroatoms. The molecular formula is C19H17N3. The molecule has 0 aliphatic heterocycles. The van der Waals surface area contributed by atoms with Gasteiger partial charge in [-0.05, 0) is 48.7 Å². The molecule has 0 radical (unpaired) electrons. The lowest BCUT2D eigenvalue weighted by Gasteiger charge is -2.03. The van der Waals surface area contributed by atoms with Crippen LogP contribution in [-0.4, -0.2) is 9.55 Å². The Kier molecular flexibility index (Phi) is 3.52. The molecule has 0 saturated carbocycles. The number of hydrogen-bond acceptors (Lipinski definition) is 2. The third kappa shape index (κ3) is 2.40. The number of benzene rings is 2. The second-order valence-corrected chi connectivity index (χ2v) is 5.50. The highest BCUT2D eigenvalue weighted by Gasteiger charge is 2.11. The average Bonchev–Trinajstić information content (AvgIpc) is 2.86. The minimum atomic E-state index is 0.571. The Morgan fingerprint density at radius 3 is 2.59 bits per heavy atom. The van der Waals surface area contributed by atoms with E-state index in [-0.39, 0.29) is 0 Å². The van der Waals surface area contributed by atoms with Gasteiger partial charge in [-0.3, -0.25) is 0 Å². The van der Waals surface area contributed by atoms with Gasteiger partial charge < -0.3 is 4.57 Å². The number of nitrogens with zero attached hydrogens (tertiary/aromatic N) is 3. The van der Waals surface area contributed by atoms with Crippen LogP contribution in [0.15, 0.2) is 42.5 Å². The lowest BCUT2D eigenvalue weighted by molar-refractivity contribution is 0.925. The van der Waals surface area contributed by atoms with E-state index >= 15 is 0 Å². The van der Waals surface area contributed by atoms with E-state index in [9.17, 15) is 5.26 Å². The molecule has 22 heavy (non-hydrogen) atoms. The summed E-state index contributed by atoms with van der Waals surface area (Å²) in [6, 6.07) is 16.4. The third-order valence-electron chi connectivity index (χ3n) is 3.99. The highest BCUT2D eigenvalue weighted by molar-refractivity contribution is 5.90. The lowest BCUT2D eigenvalue weighted by atomic mass is 10.0. The smallest absolute Gasteiger partial charge is 0.151 e. The summed E-state index contributed by atoms with van der Waals surface area (Å²) in [6.07, 6.45) is 1.90. The topological polar surface area (TPSA) is 41.6 Å². The maximum absolute atomic E-state index is 9.54. The van der Waals surface area contributed by atoms with Crippen LogP contribution in [0.2, 0.25) is 0 Å². The number of para-hydroxylation sites is 2. The van der Waals surface area contributed by atoms with E-state index < -0.39 is 0 Å². The van der Waals surface area contributed by atoms with Gasteiger partial charge >= 0.3 is 0 Å². The highest BCUT2D eigenvalue weighted by Crippen LogP contribution is 2.22. The first-order chi connectivity index (χ1) is 10.6. The van der Waals surface area contributed by atoms with Crippen LogP contribution in [-0.2, 0) is 7.05 Å². The zero-order chi connectivity index (χ0) is 15.7. The van der Waals surface area contributed by atoms with Crippen molar-refractivity contribution in [2.45, 2.75) is 13.8 Å². The molecule has 0 bridgehead atoms. The molecule has 0 fully saturated rings. The summed E-state index contributed by atoms with van der Waals surface area (Å²) in [4.78, 5) is 4.59. The molecule has 2 aromatic carbocycles. The van der Waals surface area contributed by atoms with E-state index in [0.29, 0.717) is 11.4 Å². The maximum atomic E-state index is 9.54. The van der Waals surface area contributed by atoms with Crippen molar-refractivity contribution in [1.82, 2.24) is 9.55 Å². The number of nitriles is 1. The standard InChI is InChI=1S/C19H17N3/c1-13-8-9-15(10-14(13)2)11-16(12-20)19-21-17-6-4-5-7-18(17)22(19)3/h4-11H,1-3H3/b16-11+.